The van der Waals surface area contributed by atoms with E-state index in [-0.39, 0.29) is 44.2 Å². The van der Waals surface area contributed by atoms with Gasteiger partial charge in [0.2, 0.25) is 17.7 Å². The molecule has 2 atom stereocenters. The molecule has 0 bridgehead atoms. The summed E-state index contributed by atoms with van der Waals surface area (Å²) in [7, 11) is 0. The first-order valence-electron chi connectivity index (χ1n) is 12.9. The zero-order valence-electron chi connectivity index (χ0n) is 21.5. The number of nitrogens with one attached hydrogen (secondary N) is 1. The Morgan fingerprint density at radius 3 is 2.31 bits per heavy atom. The molecule has 0 saturated heterocycles. The number of alkyl halides is 2. The predicted molar refractivity (Wildman–Crippen MR) is 146 cm³/mol. The molecule has 0 heterocycles. The summed E-state index contributed by atoms with van der Waals surface area (Å²) in [4.78, 5) is 33.6. The smallest absolute Gasteiger partial charge is 0.248 e. The maximum atomic E-state index is 14.1. The Morgan fingerprint density at radius 2 is 1.69 bits per heavy atom. The van der Waals surface area contributed by atoms with Crippen LogP contribution in [-0.2, 0) is 22.6 Å². The van der Waals surface area contributed by atoms with E-state index >= 15 is 0 Å². The van der Waals surface area contributed by atoms with Gasteiger partial charge in [-0.1, -0.05) is 66.2 Å². The van der Waals surface area contributed by atoms with Gasteiger partial charge in [-0.3, -0.25) is 9.59 Å². The number of carbonyl (C=O) groups excluding carboxylic acids is 2. The van der Waals surface area contributed by atoms with Crippen molar-refractivity contribution in [3.8, 4) is 5.75 Å². The van der Waals surface area contributed by atoms with Gasteiger partial charge in [0.1, 0.15) is 11.8 Å². The molecule has 6 nitrogen and oxygen atoms in total. The summed E-state index contributed by atoms with van der Waals surface area (Å²) in [6, 6.07) is 22.1. The van der Waals surface area contributed by atoms with Crippen LogP contribution in [0.2, 0.25) is 5.02 Å². The first kappa shape index (κ1) is 28.5. The SMILES string of the molecule is NOc1ccc(CCC(=O)N(CC2CCC(F)(F)C2)C(C(=O)NCc2ccc(Cl)cc2)c2ccccc2)cc1. The fraction of sp³-hybridized carbons (Fsp3) is 0.333. The molecule has 1 fully saturated rings. The van der Waals surface area contributed by atoms with Gasteiger partial charge < -0.3 is 15.1 Å². The molecule has 1 aliphatic carbocycles. The van der Waals surface area contributed by atoms with Gasteiger partial charge in [-0.25, -0.2) is 8.78 Å². The van der Waals surface area contributed by atoms with Crippen molar-refractivity contribution in [2.24, 2.45) is 11.8 Å². The van der Waals surface area contributed by atoms with Crippen LogP contribution in [0.3, 0.4) is 0 Å². The van der Waals surface area contributed by atoms with Crippen molar-refractivity contribution in [1.82, 2.24) is 10.2 Å². The van der Waals surface area contributed by atoms with Crippen LogP contribution in [0, 0.1) is 5.92 Å². The lowest BCUT2D eigenvalue weighted by Gasteiger charge is -2.33. The number of hydrogen-bond donors (Lipinski definition) is 2. The Hall–Kier alpha value is -3.49. The monoisotopic (exact) mass is 555 g/mol. The van der Waals surface area contributed by atoms with Crippen LogP contribution in [0.1, 0.15) is 48.4 Å². The molecule has 2 amide bonds. The Kier molecular flexibility index (Phi) is 9.54. The molecule has 9 heteroatoms. The Morgan fingerprint density at radius 1 is 1.03 bits per heavy atom. The fourth-order valence-corrected chi connectivity index (χ4v) is 5.08. The van der Waals surface area contributed by atoms with Gasteiger partial charge in [-0.05, 0) is 59.7 Å². The summed E-state index contributed by atoms with van der Waals surface area (Å²) in [6.45, 7) is 0.306. The second-order valence-corrected chi connectivity index (χ2v) is 10.4. The Bertz CT molecular complexity index is 1240. The lowest BCUT2D eigenvalue weighted by Crippen LogP contribution is -2.45. The maximum Gasteiger partial charge on any atom is 0.248 e. The topological polar surface area (TPSA) is 84.7 Å². The van der Waals surface area contributed by atoms with E-state index in [0.717, 1.165) is 11.1 Å². The van der Waals surface area contributed by atoms with Gasteiger partial charge >= 0.3 is 0 Å². The zero-order valence-corrected chi connectivity index (χ0v) is 22.2. The van der Waals surface area contributed by atoms with E-state index in [4.69, 9.17) is 22.3 Å². The quantitative estimate of drug-likeness (QED) is 0.291. The van der Waals surface area contributed by atoms with Crippen LogP contribution < -0.4 is 16.1 Å². The first-order chi connectivity index (χ1) is 18.7. The normalized spacial score (nSPS) is 16.9. The third-order valence-corrected chi connectivity index (χ3v) is 7.28. The van der Waals surface area contributed by atoms with Crippen molar-refractivity contribution in [1.29, 1.82) is 0 Å². The molecule has 0 aliphatic heterocycles. The van der Waals surface area contributed by atoms with Crippen molar-refractivity contribution in [2.45, 2.75) is 50.6 Å². The van der Waals surface area contributed by atoms with Crippen molar-refractivity contribution in [2.75, 3.05) is 6.54 Å². The minimum atomic E-state index is -2.76. The Labute approximate surface area is 232 Å². The largest absolute Gasteiger partial charge is 0.412 e. The van der Waals surface area contributed by atoms with Gasteiger partial charge in [0.25, 0.3) is 0 Å². The van der Waals surface area contributed by atoms with Crippen LogP contribution in [0.4, 0.5) is 8.78 Å². The summed E-state index contributed by atoms with van der Waals surface area (Å²) >= 11 is 5.97. The number of nitrogens with two attached hydrogens (primary N) is 1. The van der Waals surface area contributed by atoms with E-state index in [9.17, 15) is 18.4 Å². The van der Waals surface area contributed by atoms with Gasteiger partial charge in [0.15, 0.2) is 0 Å². The highest BCUT2D eigenvalue weighted by molar-refractivity contribution is 6.30. The van der Waals surface area contributed by atoms with Crippen LogP contribution in [0.15, 0.2) is 78.9 Å². The summed E-state index contributed by atoms with van der Waals surface area (Å²) in [5.41, 5.74) is 2.35. The number of halogens is 3. The zero-order chi connectivity index (χ0) is 27.8. The van der Waals surface area contributed by atoms with Gasteiger partial charge in [0, 0.05) is 37.4 Å². The summed E-state index contributed by atoms with van der Waals surface area (Å²) in [6.07, 6.45) is 0.305. The van der Waals surface area contributed by atoms with Crippen molar-refractivity contribution in [3.05, 3.63) is 101 Å². The summed E-state index contributed by atoms with van der Waals surface area (Å²) in [5, 5.41) is 3.52. The van der Waals surface area contributed by atoms with E-state index in [1.54, 1.807) is 48.5 Å². The highest BCUT2D eigenvalue weighted by Gasteiger charge is 2.42. The molecule has 206 valence electrons. The molecule has 3 aromatic carbocycles. The summed E-state index contributed by atoms with van der Waals surface area (Å²) < 4.78 is 28.2. The molecule has 3 aromatic rings. The van der Waals surface area contributed by atoms with Crippen molar-refractivity contribution in [3.63, 3.8) is 0 Å². The average Bonchev–Trinajstić information content (AvgIpc) is 3.29. The van der Waals surface area contributed by atoms with Crippen LogP contribution in [0.25, 0.3) is 0 Å². The van der Waals surface area contributed by atoms with E-state index < -0.39 is 17.9 Å². The lowest BCUT2D eigenvalue weighted by atomic mass is 9.99. The van der Waals surface area contributed by atoms with E-state index in [1.807, 2.05) is 30.3 Å². The first-order valence-corrected chi connectivity index (χ1v) is 13.3. The highest BCUT2D eigenvalue weighted by atomic mass is 35.5. The summed E-state index contributed by atoms with van der Waals surface area (Å²) in [5.74, 6) is 1.87. The molecule has 0 radical (unpaired) electrons. The molecule has 3 N–H and O–H groups in total. The number of rotatable bonds is 11. The maximum absolute atomic E-state index is 14.1. The molecule has 1 saturated carbocycles. The molecule has 2 unspecified atom stereocenters. The number of amides is 2. The number of hydrogen-bond acceptors (Lipinski definition) is 4. The van der Waals surface area contributed by atoms with Crippen molar-refractivity contribution < 1.29 is 23.2 Å². The van der Waals surface area contributed by atoms with E-state index in [1.165, 1.54) is 4.90 Å². The van der Waals surface area contributed by atoms with Gasteiger partial charge in [-0.2, -0.15) is 5.90 Å². The minimum absolute atomic E-state index is 0.0717. The molecular weight excluding hydrogens is 524 g/mol. The highest BCUT2D eigenvalue weighted by Crippen LogP contribution is 2.40. The van der Waals surface area contributed by atoms with Gasteiger partial charge in [-0.15, -0.1) is 0 Å². The minimum Gasteiger partial charge on any atom is -0.412 e. The molecule has 39 heavy (non-hydrogen) atoms. The molecule has 0 aromatic heterocycles. The number of carbonyl (C=O) groups is 2. The molecular formula is C30H32ClF2N3O3. The third-order valence-electron chi connectivity index (χ3n) is 7.02. The third kappa shape index (κ3) is 8.00. The number of benzene rings is 3. The fourth-order valence-electron chi connectivity index (χ4n) is 4.95. The van der Waals surface area contributed by atoms with E-state index in [2.05, 4.69) is 5.32 Å². The molecule has 4 rings (SSSR count). The average molecular weight is 556 g/mol. The Balaban J connectivity index is 1.57. The van der Waals surface area contributed by atoms with Crippen LogP contribution >= 0.6 is 11.6 Å². The standard InChI is InChI=1S/C30H32ClF2N3O3/c31-25-11-6-22(7-12-25)19-35-29(38)28(24-4-2-1-3-5-24)36(20-23-16-17-30(32,33)18-23)27(37)15-10-21-8-13-26(39-34)14-9-21/h1-9,11-14,23,28H,10,15-20,34H2,(H,35,38). The second kappa shape index (κ2) is 13.0. The lowest BCUT2D eigenvalue weighted by molar-refractivity contribution is -0.141. The molecule has 1 aliphatic rings. The second-order valence-electron chi connectivity index (χ2n) is 9.93. The molecule has 0 spiro atoms. The van der Waals surface area contributed by atoms with Crippen LogP contribution in [-0.4, -0.2) is 29.2 Å². The van der Waals surface area contributed by atoms with Crippen molar-refractivity contribution >= 4 is 23.4 Å². The predicted octanol–water partition coefficient (Wildman–Crippen LogP) is 5.85. The van der Waals surface area contributed by atoms with Crippen LogP contribution in [0.5, 0.6) is 5.75 Å². The van der Waals surface area contributed by atoms with Gasteiger partial charge in [0.05, 0.1) is 0 Å². The van der Waals surface area contributed by atoms with E-state index in [0.29, 0.717) is 29.2 Å². The number of nitrogens with zero attached hydrogens (tertiary/aromatic N) is 1. The number of aryl methyl sites for hydroxylation is 1.